The molecule has 0 spiro atoms. The maximum Gasteiger partial charge on any atom is 0.184 e. The van der Waals surface area contributed by atoms with Gasteiger partial charge in [0, 0.05) is 6.42 Å². The van der Waals surface area contributed by atoms with Crippen molar-refractivity contribution >= 4 is 0 Å². The molecule has 2 heteroatoms. The zero-order valence-corrected chi connectivity index (χ0v) is 6.66. The van der Waals surface area contributed by atoms with Crippen molar-refractivity contribution in [3.05, 3.63) is 29.8 Å². The van der Waals surface area contributed by atoms with Crippen LogP contribution in [0, 0.1) is 11.3 Å². The van der Waals surface area contributed by atoms with Crippen molar-refractivity contribution in [2.75, 3.05) is 0 Å². The minimum absolute atomic E-state index is 0.250. The largest absolute Gasteiger partial charge is 0.475 e. The average Bonchev–Trinajstić information content (AvgIpc) is 2.17. The van der Waals surface area contributed by atoms with Crippen LogP contribution in [0.25, 0.3) is 0 Å². The number of benzene rings is 1. The third-order valence-corrected chi connectivity index (χ3v) is 2.06. The van der Waals surface area contributed by atoms with Crippen molar-refractivity contribution < 1.29 is 4.74 Å². The highest BCUT2D eigenvalue weighted by atomic mass is 16.5. The van der Waals surface area contributed by atoms with Crippen LogP contribution in [0.15, 0.2) is 24.3 Å². The molecular formula is C10H9NO. The predicted molar refractivity (Wildman–Crippen MR) is 44.8 cm³/mol. The molecule has 0 aromatic heterocycles. The highest BCUT2D eigenvalue weighted by Gasteiger charge is 2.17. The third-order valence-electron chi connectivity index (χ3n) is 2.06. The van der Waals surface area contributed by atoms with E-state index in [1.165, 1.54) is 5.56 Å². The quantitative estimate of drug-likeness (QED) is 0.579. The van der Waals surface area contributed by atoms with Gasteiger partial charge in [0.1, 0.15) is 11.8 Å². The average molecular weight is 159 g/mol. The summed E-state index contributed by atoms with van der Waals surface area (Å²) >= 11 is 0. The van der Waals surface area contributed by atoms with Crippen molar-refractivity contribution in [1.29, 1.82) is 5.26 Å². The number of hydrogen-bond donors (Lipinski definition) is 0. The molecule has 0 saturated carbocycles. The van der Waals surface area contributed by atoms with Gasteiger partial charge in [-0.05, 0) is 18.1 Å². The molecule has 1 atom stereocenters. The molecule has 1 aliphatic rings. The van der Waals surface area contributed by atoms with Crippen LogP contribution in [0.5, 0.6) is 5.75 Å². The van der Waals surface area contributed by atoms with E-state index in [1.54, 1.807) is 0 Å². The van der Waals surface area contributed by atoms with Crippen molar-refractivity contribution in [2.45, 2.75) is 18.9 Å². The SMILES string of the molecule is N#CC1CCc2ccccc2O1. The van der Waals surface area contributed by atoms with E-state index in [2.05, 4.69) is 6.07 Å². The summed E-state index contributed by atoms with van der Waals surface area (Å²) in [5.41, 5.74) is 1.21. The number of rotatable bonds is 0. The van der Waals surface area contributed by atoms with Crippen LogP contribution in [0.3, 0.4) is 0 Å². The van der Waals surface area contributed by atoms with E-state index < -0.39 is 0 Å². The Morgan fingerprint density at radius 1 is 1.42 bits per heavy atom. The molecule has 0 aliphatic carbocycles. The zero-order chi connectivity index (χ0) is 8.39. The van der Waals surface area contributed by atoms with Gasteiger partial charge in [0.05, 0.1) is 0 Å². The van der Waals surface area contributed by atoms with Gasteiger partial charge >= 0.3 is 0 Å². The number of ether oxygens (including phenoxy) is 1. The lowest BCUT2D eigenvalue weighted by atomic mass is 10.0. The number of hydrogen-bond acceptors (Lipinski definition) is 2. The first kappa shape index (κ1) is 7.17. The Kier molecular flexibility index (Phi) is 1.71. The summed E-state index contributed by atoms with van der Waals surface area (Å²) in [6.07, 6.45) is 1.52. The standard InChI is InChI=1S/C10H9NO/c11-7-9-6-5-8-3-1-2-4-10(8)12-9/h1-4,9H,5-6H2. The van der Waals surface area contributed by atoms with Crippen LogP contribution >= 0.6 is 0 Å². The normalized spacial score (nSPS) is 20.4. The first-order chi connectivity index (χ1) is 5.90. The maximum atomic E-state index is 8.64. The molecule has 2 rings (SSSR count). The molecule has 12 heavy (non-hydrogen) atoms. The molecule has 1 unspecified atom stereocenters. The summed E-state index contributed by atoms with van der Waals surface area (Å²) in [6.45, 7) is 0. The molecule has 1 aromatic rings. The van der Waals surface area contributed by atoms with Gasteiger partial charge in [-0.25, -0.2) is 0 Å². The van der Waals surface area contributed by atoms with E-state index in [0.29, 0.717) is 0 Å². The third kappa shape index (κ3) is 1.14. The lowest BCUT2D eigenvalue weighted by Gasteiger charge is -2.20. The van der Waals surface area contributed by atoms with E-state index in [9.17, 15) is 0 Å². The number of para-hydroxylation sites is 1. The number of aryl methyl sites for hydroxylation is 1. The molecule has 1 aliphatic heterocycles. The van der Waals surface area contributed by atoms with Crippen molar-refractivity contribution in [2.24, 2.45) is 0 Å². The topological polar surface area (TPSA) is 33.0 Å². The molecule has 0 bridgehead atoms. The Hall–Kier alpha value is -1.49. The molecule has 0 N–H and O–H groups in total. The summed E-state index contributed by atoms with van der Waals surface area (Å²) in [7, 11) is 0. The van der Waals surface area contributed by atoms with Gasteiger partial charge in [0.25, 0.3) is 0 Å². The molecular weight excluding hydrogens is 150 g/mol. The monoisotopic (exact) mass is 159 g/mol. The summed E-state index contributed by atoms with van der Waals surface area (Å²) in [4.78, 5) is 0. The van der Waals surface area contributed by atoms with Crippen LogP contribution in [-0.4, -0.2) is 6.10 Å². The minimum Gasteiger partial charge on any atom is -0.475 e. The van der Waals surface area contributed by atoms with Gasteiger partial charge in [-0.2, -0.15) is 5.26 Å². The molecule has 0 amide bonds. The molecule has 60 valence electrons. The smallest absolute Gasteiger partial charge is 0.184 e. The van der Waals surface area contributed by atoms with Crippen molar-refractivity contribution in [3.63, 3.8) is 0 Å². The van der Waals surface area contributed by atoms with Crippen LogP contribution in [0.2, 0.25) is 0 Å². The molecule has 1 aromatic carbocycles. The summed E-state index contributed by atoms with van der Waals surface area (Å²) < 4.78 is 5.42. The molecule has 1 heterocycles. The highest BCUT2D eigenvalue weighted by molar-refractivity contribution is 5.35. The Morgan fingerprint density at radius 3 is 3.08 bits per heavy atom. The van der Waals surface area contributed by atoms with Crippen molar-refractivity contribution in [1.82, 2.24) is 0 Å². The van der Waals surface area contributed by atoms with E-state index in [0.717, 1.165) is 18.6 Å². The van der Waals surface area contributed by atoms with E-state index in [-0.39, 0.29) is 6.10 Å². The predicted octanol–water partition coefficient (Wildman–Crippen LogP) is 1.90. The van der Waals surface area contributed by atoms with Gasteiger partial charge in [0.15, 0.2) is 6.10 Å². The number of fused-ring (bicyclic) bond motifs is 1. The first-order valence-corrected chi connectivity index (χ1v) is 4.04. The lowest BCUT2D eigenvalue weighted by molar-refractivity contribution is 0.225. The summed E-state index contributed by atoms with van der Waals surface area (Å²) in [5.74, 6) is 0.871. The van der Waals surface area contributed by atoms with Gasteiger partial charge in [-0.3, -0.25) is 0 Å². The summed E-state index contributed by atoms with van der Waals surface area (Å²) in [6, 6.07) is 10.0. The second-order valence-corrected chi connectivity index (χ2v) is 2.88. The Balaban J connectivity index is 2.30. The van der Waals surface area contributed by atoms with Gasteiger partial charge in [-0.15, -0.1) is 0 Å². The fraction of sp³-hybridized carbons (Fsp3) is 0.300. The molecule has 0 fully saturated rings. The minimum atomic E-state index is -0.250. The Bertz CT molecular complexity index is 327. The fourth-order valence-electron chi connectivity index (χ4n) is 1.42. The van der Waals surface area contributed by atoms with Crippen LogP contribution < -0.4 is 4.74 Å². The number of nitrogens with zero attached hydrogens (tertiary/aromatic N) is 1. The molecule has 0 radical (unpaired) electrons. The van der Waals surface area contributed by atoms with E-state index in [4.69, 9.17) is 10.00 Å². The zero-order valence-electron chi connectivity index (χ0n) is 6.66. The Morgan fingerprint density at radius 2 is 2.25 bits per heavy atom. The second-order valence-electron chi connectivity index (χ2n) is 2.88. The van der Waals surface area contributed by atoms with Gasteiger partial charge < -0.3 is 4.74 Å². The molecule has 0 saturated heterocycles. The maximum absolute atomic E-state index is 8.64. The van der Waals surface area contributed by atoms with Crippen molar-refractivity contribution in [3.8, 4) is 11.8 Å². The number of nitriles is 1. The first-order valence-electron chi connectivity index (χ1n) is 4.04. The van der Waals surface area contributed by atoms with Crippen LogP contribution in [0.1, 0.15) is 12.0 Å². The van der Waals surface area contributed by atoms with Gasteiger partial charge in [-0.1, -0.05) is 18.2 Å². The van der Waals surface area contributed by atoms with E-state index >= 15 is 0 Å². The Labute approximate surface area is 71.4 Å². The fourth-order valence-corrected chi connectivity index (χ4v) is 1.42. The summed E-state index contributed by atoms with van der Waals surface area (Å²) in [5, 5.41) is 8.64. The highest BCUT2D eigenvalue weighted by Crippen LogP contribution is 2.26. The van der Waals surface area contributed by atoms with Crippen LogP contribution in [0.4, 0.5) is 0 Å². The van der Waals surface area contributed by atoms with Crippen LogP contribution in [-0.2, 0) is 6.42 Å². The molecule has 2 nitrogen and oxygen atoms in total. The van der Waals surface area contributed by atoms with E-state index in [1.807, 2.05) is 24.3 Å². The lowest BCUT2D eigenvalue weighted by Crippen LogP contribution is -2.20. The van der Waals surface area contributed by atoms with Gasteiger partial charge in [0.2, 0.25) is 0 Å². The second kappa shape index (κ2) is 2.86.